The standard InChI is InChI=1S/C25H30N2O2/c1-3-18-8-7-9-21-23(17-26-25(18)21)22(16-24(28)27-14-5-6-15-27)19-10-12-20(13-11-19)29-4-2/h7-13,17,22,26H,3-6,14-16H2,1-2H3/t22-/m0/s1. The lowest BCUT2D eigenvalue weighted by Gasteiger charge is -2.22. The zero-order valence-corrected chi connectivity index (χ0v) is 17.4. The highest BCUT2D eigenvalue weighted by atomic mass is 16.5. The number of hydrogen-bond donors (Lipinski definition) is 1. The fourth-order valence-corrected chi connectivity index (χ4v) is 4.46. The molecule has 1 N–H and O–H groups in total. The molecule has 1 saturated heterocycles. The molecule has 2 aromatic carbocycles. The Hall–Kier alpha value is -2.75. The topological polar surface area (TPSA) is 45.3 Å². The maximum absolute atomic E-state index is 13.0. The van der Waals surface area contributed by atoms with E-state index in [0.29, 0.717) is 13.0 Å². The number of aryl methyl sites for hydroxylation is 1. The second-order valence-electron chi connectivity index (χ2n) is 7.78. The number of amides is 1. The van der Waals surface area contributed by atoms with Crippen LogP contribution in [0.2, 0.25) is 0 Å². The molecule has 29 heavy (non-hydrogen) atoms. The molecule has 1 aromatic heterocycles. The zero-order valence-electron chi connectivity index (χ0n) is 17.4. The van der Waals surface area contributed by atoms with Crippen LogP contribution in [-0.4, -0.2) is 35.5 Å². The molecule has 1 aliphatic heterocycles. The van der Waals surface area contributed by atoms with E-state index in [9.17, 15) is 4.79 Å². The number of nitrogens with zero attached hydrogens (tertiary/aromatic N) is 1. The molecule has 4 rings (SSSR count). The van der Waals surface area contributed by atoms with Crippen molar-refractivity contribution in [1.82, 2.24) is 9.88 Å². The Morgan fingerprint density at radius 1 is 1.10 bits per heavy atom. The van der Waals surface area contributed by atoms with Gasteiger partial charge in [0.05, 0.1) is 6.61 Å². The smallest absolute Gasteiger partial charge is 0.223 e. The molecule has 1 atom stereocenters. The molecule has 2 heterocycles. The highest BCUT2D eigenvalue weighted by Gasteiger charge is 2.26. The molecule has 1 fully saturated rings. The Morgan fingerprint density at radius 3 is 2.55 bits per heavy atom. The van der Waals surface area contributed by atoms with Crippen molar-refractivity contribution in [2.24, 2.45) is 0 Å². The number of benzene rings is 2. The maximum atomic E-state index is 13.0. The van der Waals surface area contributed by atoms with Crippen molar-refractivity contribution in [3.63, 3.8) is 0 Å². The monoisotopic (exact) mass is 390 g/mol. The van der Waals surface area contributed by atoms with Crippen LogP contribution in [0.5, 0.6) is 5.75 Å². The number of ether oxygens (including phenoxy) is 1. The number of H-pyrrole nitrogens is 1. The molecule has 0 spiro atoms. The van der Waals surface area contributed by atoms with E-state index in [4.69, 9.17) is 4.74 Å². The average Bonchev–Trinajstić information content (AvgIpc) is 3.43. The Kier molecular flexibility index (Phi) is 5.89. The van der Waals surface area contributed by atoms with Crippen molar-refractivity contribution < 1.29 is 9.53 Å². The van der Waals surface area contributed by atoms with Crippen molar-refractivity contribution in [2.75, 3.05) is 19.7 Å². The van der Waals surface area contributed by atoms with Crippen molar-refractivity contribution >= 4 is 16.8 Å². The SMILES string of the molecule is CCOc1ccc([C@H](CC(=O)N2CCCC2)c2c[nH]c3c(CC)cccc23)cc1. The van der Waals surface area contributed by atoms with Crippen LogP contribution in [0.1, 0.15) is 55.7 Å². The van der Waals surface area contributed by atoms with Crippen LogP contribution in [0.4, 0.5) is 0 Å². The molecule has 0 bridgehead atoms. The third-order valence-electron chi connectivity index (χ3n) is 6.02. The van der Waals surface area contributed by atoms with Crippen molar-refractivity contribution in [1.29, 1.82) is 0 Å². The molecule has 152 valence electrons. The molecule has 0 unspecified atom stereocenters. The second-order valence-corrected chi connectivity index (χ2v) is 7.78. The largest absolute Gasteiger partial charge is 0.494 e. The van der Waals surface area contributed by atoms with E-state index in [1.807, 2.05) is 24.0 Å². The lowest BCUT2D eigenvalue weighted by atomic mass is 9.87. The quantitative estimate of drug-likeness (QED) is 0.597. The van der Waals surface area contributed by atoms with Crippen LogP contribution >= 0.6 is 0 Å². The van der Waals surface area contributed by atoms with E-state index >= 15 is 0 Å². The van der Waals surface area contributed by atoms with Gasteiger partial charge in [0.1, 0.15) is 5.75 Å². The van der Waals surface area contributed by atoms with Gasteiger partial charge in [-0.1, -0.05) is 37.3 Å². The first-order chi connectivity index (χ1) is 14.2. The molecule has 1 aliphatic rings. The summed E-state index contributed by atoms with van der Waals surface area (Å²) in [6, 6.07) is 14.7. The van der Waals surface area contributed by atoms with Crippen molar-refractivity contribution in [3.05, 3.63) is 65.4 Å². The van der Waals surface area contributed by atoms with Crippen LogP contribution in [0.25, 0.3) is 10.9 Å². The van der Waals surface area contributed by atoms with Crippen LogP contribution < -0.4 is 4.74 Å². The van der Waals surface area contributed by atoms with Crippen LogP contribution in [-0.2, 0) is 11.2 Å². The van der Waals surface area contributed by atoms with Gasteiger partial charge in [-0.3, -0.25) is 4.79 Å². The number of aromatic amines is 1. The van der Waals surface area contributed by atoms with E-state index < -0.39 is 0 Å². The van der Waals surface area contributed by atoms with Gasteiger partial charge in [-0.15, -0.1) is 0 Å². The minimum absolute atomic E-state index is 0.0274. The maximum Gasteiger partial charge on any atom is 0.223 e. The lowest BCUT2D eigenvalue weighted by Crippen LogP contribution is -2.29. The number of rotatable bonds is 7. The molecule has 3 aromatic rings. The molecule has 0 aliphatic carbocycles. The number of fused-ring (bicyclic) bond motifs is 1. The summed E-state index contributed by atoms with van der Waals surface area (Å²) >= 11 is 0. The summed E-state index contributed by atoms with van der Waals surface area (Å²) in [5.74, 6) is 1.15. The van der Waals surface area contributed by atoms with Crippen molar-refractivity contribution in [2.45, 2.75) is 45.4 Å². The Morgan fingerprint density at radius 2 is 1.86 bits per heavy atom. The minimum atomic E-state index is 0.0274. The number of carbonyl (C=O) groups excluding carboxylic acids is 1. The minimum Gasteiger partial charge on any atom is -0.494 e. The number of aromatic nitrogens is 1. The van der Waals surface area contributed by atoms with Gasteiger partial charge in [0.25, 0.3) is 0 Å². The number of likely N-dealkylation sites (tertiary alicyclic amines) is 1. The first-order valence-corrected chi connectivity index (χ1v) is 10.8. The summed E-state index contributed by atoms with van der Waals surface area (Å²) in [6.07, 6.45) is 5.82. The molecule has 1 amide bonds. The first-order valence-electron chi connectivity index (χ1n) is 10.8. The Bertz CT molecular complexity index is 968. The van der Waals surface area contributed by atoms with Gasteiger partial charge in [0.2, 0.25) is 5.91 Å². The van der Waals surface area contributed by atoms with E-state index in [2.05, 4.69) is 48.4 Å². The molecule has 0 radical (unpaired) electrons. The summed E-state index contributed by atoms with van der Waals surface area (Å²) < 4.78 is 5.61. The number of para-hydroxylation sites is 1. The Labute approximate surface area is 172 Å². The summed E-state index contributed by atoms with van der Waals surface area (Å²) in [5.41, 5.74) is 4.86. The van der Waals surface area contributed by atoms with Gasteiger partial charge in [0, 0.05) is 42.5 Å². The average molecular weight is 391 g/mol. The van der Waals surface area contributed by atoms with Gasteiger partial charge < -0.3 is 14.6 Å². The summed E-state index contributed by atoms with van der Waals surface area (Å²) in [4.78, 5) is 18.5. The highest BCUT2D eigenvalue weighted by molar-refractivity contribution is 5.88. The van der Waals surface area contributed by atoms with Crippen LogP contribution in [0.3, 0.4) is 0 Å². The summed E-state index contributed by atoms with van der Waals surface area (Å²) in [7, 11) is 0. The molecular weight excluding hydrogens is 360 g/mol. The third-order valence-corrected chi connectivity index (χ3v) is 6.02. The summed E-state index contributed by atoms with van der Waals surface area (Å²) in [5, 5.41) is 1.22. The highest BCUT2D eigenvalue weighted by Crippen LogP contribution is 2.36. The molecule has 0 saturated carbocycles. The van der Waals surface area contributed by atoms with Crippen molar-refractivity contribution in [3.8, 4) is 5.75 Å². The number of hydrogen-bond acceptors (Lipinski definition) is 2. The van der Waals surface area contributed by atoms with Gasteiger partial charge >= 0.3 is 0 Å². The fraction of sp³-hybridized carbons (Fsp3) is 0.400. The van der Waals surface area contributed by atoms with E-state index in [-0.39, 0.29) is 11.8 Å². The molecular formula is C25H30N2O2. The van der Waals surface area contributed by atoms with Gasteiger partial charge in [-0.05, 0) is 55.0 Å². The lowest BCUT2D eigenvalue weighted by molar-refractivity contribution is -0.130. The predicted octanol–water partition coefficient (Wildman–Crippen LogP) is 5.27. The van der Waals surface area contributed by atoms with Gasteiger partial charge in [-0.25, -0.2) is 0 Å². The Balaban J connectivity index is 1.72. The number of nitrogens with one attached hydrogen (secondary N) is 1. The first kappa shape index (κ1) is 19.6. The van der Waals surface area contributed by atoms with Crippen LogP contribution in [0.15, 0.2) is 48.7 Å². The third kappa shape index (κ3) is 4.02. The van der Waals surface area contributed by atoms with E-state index in [1.165, 1.54) is 22.0 Å². The van der Waals surface area contributed by atoms with Gasteiger partial charge in [0.15, 0.2) is 0 Å². The summed E-state index contributed by atoms with van der Waals surface area (Å²) in [6.45, 7) is 6.60. The number of carbonyl (C=O) groups is 1. The molecule has 4 nitrogen and oxygen atoms in total. The van der Waals surface area contributed by atoms with E-state index in [0.717, 1.165) is 43.7 Å². The van der Waals surface area contributed by atoms with Gasteiger partial charge in [-0.2, -0.15) is 0 Å². The predicted molar refractivity (Wildman–Crippen MR) is 118 cm³/mol. The normalized spacial score (nSPS) is 15.0. The zero-order chi connectivity index (χ0) is 20.2. The fourth-order valence-electron chi connectivity index (χ4n) is 4.46. The second kappa shape index (κ2) is 8.73. The molecule has 4 heteroatoms. The van der Waals surface area contributed by atoms with Crippen LogP contribution in [0, 0.1) is 0 Å². The van der Waals surface area contributed by atoms with E-state index in [1.54, 1.807) is 0 Å².